The van der Waals surface area contributed by atoms with Crippen LogP contribution in [0.5, 0.6) is 5.75 Å². The fourth-order valence-electron chi connectivity index (χ4n) is 3.19. The Bertz CT molecular complexity index is 474. The van der Waals surface area contributed by atoms with Crippen LogP contribution in [-0.4, -0.2) is 23.7 Å². The molecule has 0 bridgehead atoms. The molecule has 20 heavy (non-hydrogen) atoms. The standard InChI is InChI=1S/C16H22ClNOS/c1-2-7-18-14-11-16(5-8-20-9-6-16)19-15-4-3-12(17)10-13(14)15/h3-4,10,14,18H,2,5-9,11H2,1H3. The van der Waals surface area contributed by atoms with Crippen LogP contribution in [0.15, 0.2) is 18.2 Å². The summed E-state index contributed by atoms with van der Waals surface area (Å²) >= 11 is 8.21. The number of ether oxygens (including phenoxy) is 1. The van der Waals surface area contributed by atoms with Crippen molar-refractivity contribution in [3.63, 3.8) is 0 Å². The van der Waals surface area contributed by atoms with Gasteiger partial charge in [-0.2, -0.15) is 11.8 Å². The maximum atomic E-state index is 6.41. The van der Waals surface area contributed by atoms with E-state index in [-0.39, 0.29) is 5.60 Å². The molecule has 0 radical (unpaired) electrons. The molecule has 1 spiro atoms. The van der Waals surface area contributed by atoms with Gasteiger partial charge in [0.15, 0.2) is 0 Å². The van der Waals surface area contributed by atoms with E-state index < -0.39 is 0 Å². The van der Waals surface area contributed by atoms with Crippen molar-refractivity contribution in [1.82, 2.24) is 5.32 Å². The number of rotatable bonds is 3. The lowest BCUT2D eigenvalue weighted by Crippen LogP contribution is -2.46. The van der Waals surface area contributed by atoms with E-state index in [0.29, 0.717) is 6.04 Å². The zero-order chi connectivity index (χ0) is 14.0. The van der Waals surface area contributed by atoms with Crippen LogP contribution in [0.1, 0.15) is 44.2 Å². The van der Waals surface area contributed by atoms with Gasteiger partial charge in [-0.1, -0.05) is 18.5 Å². The summed E-state index contributed by atoms with van der Waals surface area (Å²) in [6.45, 7) is 3.25. The summed E-state index contributed by atoms with van der Waals surface area (Å²) in [6, 6.07) is 6.42. The Morgan fingerprint density at radius 3 is 2.95 bits per heavy atom. The molecular formula is C16H22ClNOS. The second-order valence-corrected chi connectivity index (χ2v) is 7.45. The van der Waals surface area contributed by atoms with Gasteiger partial charge in [-0.05, 0) is 55.5 Å². The van der Waals surface area contributed by atoms with E-state index in [1.807, 2.05) is 23.9 Å². The molecule has 110 valence electrons. The number of hydrogen-bond acceptors (Lipinski definition) is 3. The molecule has 2 nitrogen and oxygen atoms in total. The Hall–Kier alpha value is -0.380. The van der Waals surface area contributed by atoms with Gasteiger partial charge in [0.2, 0.25) is 0 Å². The average Bonchev–Trinajstić information content (AvgIpc) is 2.46. The number of hydrogen-bond donors (Lipinski definition) is 1. The number of halogens is 1. The quantitative estimate of drug-likeness (QED) is 0.892. The van der Waals surface area contributed by atoms with E-state index in [9.17, 15) is 0 Å². The summed E-state index contributed by atoms with van der Waals surface area (Å²) in [5.74, 6) is 3.45. The van der Waals surface area contributed by atoms with Gasteiger partial charge in [-0.3, -0.25) is 0 Å². The highest BCUT2D eigenvalue weighted by Crippen LogP contribution is 2.46. The molecule has 2 aliphatic rings. The molecule has 1 N–H and O–H groups in total. The molecule has 2 heterocycles. The number of thioether (sulfide) groups is 1. The predicted molar refractivity (Wildman–Crippen MR) is 87.0 cm³/mol. The van der Waals surface area contributed by atoms with Crippen molar-refractivity contribution in [1.29, 1.82) is 0 Å². The first-order valence-corrected chi connectivity index (χ1v) is 9.05. The molecule has 2 aliphatic heterocycles. The number of nitrogens with one attached hydrogen (secondary N) is 1. The summed E-state index contributed by atoms with van der Waals surface area (Å²) in [4.78, 5) is 0. The van der Waals surface area contributed by atoms with Crippen LogP contribution >= 0.6 is 23.4 Å². The molecule has 1 fully saturated rings. The van der Waals surface area contributed by atoms with Crippen LogP contribution in [0.4, 0.5) is 0 Å². The highest BCUT2D eigenvalue weighted by atomic mass is 35.5. The third kappa shape index (κ3) is 2.95. The summed E-state index contributed by atoms with van der Waals surface area (Å²) < 4.78 is 6.41. The van der Waals surface area contributed by atoms with Gasteiger partial charge in [0.25, 0.3) is 0 Å². The van der Waals surface area contributed by atoms with Crippen LogP contribution in [0, 0.1) is 0 Å². The summed E-state index contributed by atoms with van der Waals surface area (Å²) in [5.41, 5.74) is 1.27. The lowest BCUT2D eigenvalue weighted by atomic mass is 9.83. The van der Waals surface area contributed by atoms with Crippen molar-refractivity contribution in [3.05, 3.63) is 28.8 Å². The third-order valence-electron chi connectivity index (χ3n) is 4.29. The first-order valence-electron chi connectivity index (χ1n) is 7.52. The molecule has 0 amide bonds. The predicted octanol–water partition coefficient (Wildman–Crippen LogP) is 4.43. The Labute approximate surface area is 130 Å². The van der Waals surface area contributed by atoms with Crippen LogP contribution in [-0.2, 0) is 0 Å². The van der Waals surface area contributed by atoms with Gasteiger partial charge in [0.05, 0.1) is 0 Å². The maximum Gasteiger partial charge on any atom is 0.125 e. The number of fused-ring (bicyclic) bond motifs is 1. The zero-order valence-corrected chi connectivity index (χ0v) is 13.5. The fraction of sp³-hybridized carbons (Fsp3) is 0.625. The van der Waals surface area contributed by atoms with Gasteiger partial charge in [-0.25, -0.2) is 0 Å². The van der Waals surface area contributed by atoms with Crippen molar-refractivity contribution >= 4 is 23.4 Å². The summed E-state index contributed by atoms with van der Waals surface area (Å²) in [6.07, 6.45) is 4.53. The molecule has 1 saturated heterocycles. The topological polar surface area (TPSA) is 21.3 Å². The number of benzene rings is 1. The minimum atomic E-state index is 0.0392. The van der Waals surface area contributed by atoms with Gasteiger partial charge in [0.1, 0.15) is 11.4 Å². The Morgan fingerprint density at radius 2 is 2.20 bits per heavy atom. The molecule has 0 aliphatic carbocycles. The summed E-state index contributed by atoms with van der Waals surface area (Å²) in [5, 5.41) is 4.48. The molecule has 3 rings (SSSR count). The molecule has 1 aromatic rings. The Morgan fingerprint density at radius 1 is 1.40 bits per heavy atom. The van der Waals surface area contributed by atoms with Crippen LogP contribution in [0.25, 0.3) is 0 Å². The van der Waals surface area contributed by atoms with Gasteiger partial charge < -0.3 is 10.1 Å². The second kappa shape index (κ2) is 6.17. The molecule has 0 aromatic heterocycles. The van der Waals surface area contributed by atoms with E-state index in [4.69, 9.17) is 16.3 Å². The highest BCUT2D eigenvalue weighted by molar-refractivity contribution is 7.99. The SMILES string of the molecule is CCCNC1CC2(CCSCC2)Oc2ccc(Cl)cc21. The minimum absolute atomic E-state index is 0.0392. The first-order chi connectivity index (χ1) is 9.72. The molecule has 1 aromatic carbocycles. The molecule has 1 atom stereocenters. The second-order valence-electron chi connectivity index (χ2n) is 5.79. The molecule has 1 unspecified atom stereocenters. The smallest absolute Gasteiger partial charge is 0.125 e. The minimum Gasteiger partial charge on any atom is -0.487 e. The van der Waals surface area contributed by atoms with Crippen molar-refractivity contribution < 1.29 is 4.74 Å². The monoisotopic (exact) mass is 311 g/mol. The molecule has 4 heteroatoms. The zero-order valence-electron chi connectivity index (χ0n) is 12.0. The van der Waals surface area contributed by atoms with Crippen LogP contribution in [0.3, 0.4) is 0 Å². The average molecular weight is 312 g/mol. The van der Waals surface area contributed by atoms with E-state index in [2.05, 4.69) is 18.3 Å². The van der Waals surface area contributed by atoms with Gasteiger partial charge >= 0.3 is 0 Å². The Kier molecular flexibility index (Phi) is 4.49. The van der Waals surface area contributed by atoms with E-state index in [0.717, 1.165) is 43.0 Å². The summed E-state index contributed by atoms with van der Waals surface area (Å²) in [7, 11) is 0. The van der Waals surface area contributed by atoms with E-state index in [1.165, 1.54) is 17.1 Å². The van der Waals surface area contributed by atoms with Crippen molar-refractivity contribution in [2.45, 2.75) is 44.2 Å². The first kappa shape index (κ1) is 14.6. The van der Waals surface area contributed by atoms with Crippen molar-refractivity contribution in [3.8, 4) is 5.75 Å². The largest absolute Gasteiger partial charge is 0.487 e. The fourth-order valence-corrected chi connectivity index (χ4v) is 4.61. The van der Waals surface area contributed by atoms with Gasteiger partial charge in [-0.15, -0.1) is 0 Å². The van der Waals surface area contributed by atoms with Crippen molar-refractivity contribution in [2.24, 2.45) is 0 Å². The third-order valence-corrected chi connectivity index (χ3v) is 5.52. The Balaban J connectivity index is 1.90. The lowest BCUT2D eigenvalue weighted by molar-refractivity contribution is 0.0226. The van der Waals surface area contributed by atoms with Crippen molar-refractivity contribution in [2.75, 3.05) is 18.1 Å². The molecule has 0 saturated carbocycles. The van der Waals surface area contributed by atoms with E-state index >= 15 is 0 Å². The molecular weight excluding hydrogens is 290 g/mol. The van der Waals surface area contributed by atoms with E-state index in [1.54, 1.807) is 0 Å². The van der Waals surface area contributed by atoms with Gasteiger partial charge in [0, 0.05) is 23.0 Å². The normalized spacial score (nSPS) is 24.2. The van der Waals surface area contributed by atoms with Crippen LogP contribution in [0.2, 0.25) is 5.02 Å². The highest BCUT2D eigenvalue weighted by Gasteiger charge is 2.41. The van der Waals surface area contributed by atoms with Crippen LogP contribution < -0.4 is 10.1 Å². The lowest BCUT2D eigenvalue weighted by Gasteiger charge is -2.44. The maximum absolute atomic E-state index is 6.41.